The molecule has 1 heterocycles. The quantitative estimate of drug-likeness (QED) is 0.842. The highest BCUT2D eigenvalue weighted by atomic mass is 16.5. The molecule has 1 N–H and O–H groups in total. The summed E-state index contributed by atoms with van der Waals surface area (Å²) in [5.74, 6) is -0.709. The monoisotopic (exact) mass is 220 g/mol. The Morgan fingerprint density at radius 1 is 1.38 bits per heavy atom. The minimum atomic E-state index is -1.06. The van der Waals surface area contributed by atoms with Gasteiger partial charge in [0.25, 0.3) is 0 Å². The molecule has 2 rings (SSSR count). The van der Waals surface area contributed by atoms with Crippen LogP contribution in [0.3, 0.4) is 0 Å². The Morgan fingerprint density at radius 3 is 2.94 bits per heavy atom. The van der Waals surface area contributed by atoms with Crippen molar-refractivity contribution in [2.45, 2.75) is 0 Å². The zero-order valence-electron chi connectivity index (χ0n) is 8.17. The molecule has 0 spiro atoms. The molecule has 0 amide bonds. The van der Waals surface area contributed by atoms with E-state index >= 15 is 0 Å². The largest absolute Gasteiger partial charge is 0.482 e. The van der Waals surface area contributed by atoms with Crippen LogP contribution < -0.4 is 10.2 Å². The minimum absolute atomic E-state index is 0.147. The maximum atomic E-state index is 11.4. The molecule has 0 unspecified atom stereocenters. The van der Waals surface area contributed by atoms with E-state index in [9.17, 15) is 9.59 Å². The second kappa shape index (κ2) is 4.06. The van der Waals surface area contributed by atoms with Gasteiger partial charge in [0.1, 0.15) is 11.3 Å². The average Bonchev–Trinajstić information content (AvgIpc) is 2.26. The summed E-state index contributed by atoms with van der Waals surface area (Å²) < 4.78 is 10.1. The Kier molecular flexibility index (Phi) is 2.59. The number of rotatable bonds is 3. The summed E-state index contributed by atoms with van der Waals surface area (Å²) in [5.41, 5.74) is 0.224. The Balaban J connectivity index is 2.37. The summed E-state index contributed by atoms with van der Waals surface area (Å²) in [7, 11) is 0. The summed E-state index contributed by atoms with van der Waals surface area (Å²) in [4.78, 5) is 21.7. The van der Waals surface area contributed by atoms with E-state index in [0.717, 1.165) is 0 Å². The molecule has 82 valence electrons. The molecule has 1 aromatic heterocycles. The molecule has 0 radical (unpaired) electrons. The first kappa shape index (κ1) is 10.2. The molecule has 0 aliphatic carbocycles. The zero-order valence-corrected chi connectivity index (χ0v) is 8.17. The van der Waals surface area contributed by atoms with Crippen molar-refractivity contribution in [1.82, 2.24) is 0 Å². The number of carboxylic acid groups (broad SMARTS) is 1. The fourth-order valence-corrected chi connectivity index (χ4v) is 1.30. The number of carbonyl (C=O) groups is 1. The molecule has 1 aromatic carbocycles. The fraction of sp³-hybridized carbons (Fsp3) is 0.0909. The van der Waals surface area contributed by atoms with Crippen LogP contribution in [-0.2, 0) is 4.79 Å². The summed E-state index contributed by atoms with van der Waals surface area (Å²) in [5, 5.41) is 8.87. The highest BCUT2D eigenvalue weighted by molar-refractivity contribution is 5.77. The molecule has 0 bridgehead atoms. The fourth-order valence-electron chi connectivity index (χ4n) is 1.30. The Labute approximate surface area is 89.9 Å². The number of carboxylic acids is 1. The van der Waals surface area contributed by atoms with E-state index < -0.39 is 12.6 Å². The van der Waals surface area contributed by atoms with Gasteiger partial charge in [-0.25, -0.2) is 4.79 Å². The van der Waals surface area contributed by atoms with E-state index in [0.29, 0.717) is 16.7 Å². The normalized spacial score (nSPS) is 10.2. The van der Waals surface area contributed by atoms with Gasteiger partial charge in [0.05, 0.1) is 11.6 Å². The molecule has 0 saturated heterocycles. The predicted octanol–water partition coefficient (Wildman–Crippen LogP) is 1.26. The van der Waals surface area contributed by atoms with E-state index in [1.165, 1.54) is 24.5 Å². The van der Waals surface area contributed by atoms with Gasteiger partial charge in [0.15, 0.2) is 12.0 Å². The van der Waals surface area contributed by atoms with Gasteiger partial charge in [-0.05, 0) is 12.1 Å². The Hall–Kier alpha value is -2.30. The lowest BCUT2D eigenvalue weighted by Crippen LogP contribution is -2.09. The second-order valence-electron chi connectivity index (χ2n) is 3.13. The van der Waals surface area contributed by atoms with Crippen LogP contribution in [0.2, 0.25) is 0 Å². The van der Waals surface area contributed by atoms with Crippen LogP contribution in [0, 0.1) is 0 Å². The molecule has 0 saturated carbocycles. The van der Waals surface area contributed by atoms with Crippen LogP contribution in [0.25, 0.3) is 11.0 Å². The third-order valence-electron chi connectivity index (χ3n) is 2.00. The molecule has 0 aliphatic rings. The minimum Gasteiger partial charge on any atom is -0.482 e. The van der Waals surface area contributed by atoms with Gasteiger partial charge in [-0.15, -0.1) is 0 Å². The smallest absolute Gasteiger partial charge is 0.341 e. The number of hydrogen-bond donors (Lipinski definition) is 1. The second-order valence-corrected chi connectivity index (χ2v) is 3.13. The standard InChI is InChI=1S/C11H8O5/c12-9-3-4-15-10-5-7(1-2-8(9)10)16-6-11(13)14/h1-5H,6H2,(H,13,14). The lowest BCUT2D eigenvalue weighted by molar-refractivity contribution is -0.139. The molecule has 2 aromatic rings. The van der Waals surface area contributed by atoms with Gasteiger partial charge in [-0.2, -0.15) is 0 Å². The third kappa shape index (κ3) is 2.03. The molecule has 0 aliphatic heterocycles. The van der Waals surface area contributed by atoms with Crippen LogP contribution in [0.4, 0.5) is 0 Å². The molecule has 5 heteroatoms. The first-order valence-corrected chi connectivity index (χ1v) is 4.53. The highest BCUT2D eigenvalue weighted by Gasteiger charge is 2.03. The summed E-state index contributed by atoms with van der Waals surface area (Å²) >= 11 is 0. The zero-order chi connectivity index (χ0) is 11.5. The van der Waals surface area contributed by atoms with Gasteiger partial charge >= 0.3 is 5.97 Å². The molecule has 0 atom stereocenters. The summed E-state index contributed by atoms with van der Waals surface area (Å²) in [6, 6.07) is 5.88. The molecule has 16 heavy (non-hydrogen) atoms. The van der Waals surface area contributed by atoms with E-state index in [-0.39, 0.29) is 5.43 Å². The van der Waals surface area contributed by atoms with Crippen LogP contribution in [0.1, 0.15) is 0 Å². The van der Waals surface area contributed by atoms with Crippen LogP contribution in [0.15, 0.2) is 39.7 Å². The lowest BCUT2D eigenvalue weighted by Gasteiger charge is -2.03. The van der Waals surface area contributed by atoms with E-state index in [1.807, 2.05) is 0 Å². The van der Waals surface area contributed by atoms with Crippen molar-refractivity contribution in [1.29, 1.82) is 0 Å². The van der Waals surface area contributed by atoms with Gasteiger partial charge in [0, 0.05) is 12.1 Å². The van der Waals surface area contributed by atoms with E-state index in [4.69, 9.17) is 14.3 Å². The topological polar surface area (TPSA) is 76.7 Å². The number of benzene rings is 1. The third-order valence-corrected chi connectivity index (χ3v) is 2.00. The lowest BCUT2D eigenvalue weighted by atomic mass is 10.2. The number of hydrogen-bond acceptors (Lipinski definition) is 4. The van der Waals surface area contributed by atoms with Crippen molar-refractivity contribution in [3.63, 3.8) is 0 Å². The number of fused-ring (bicyclic) bond motifs is 1. The van der Waals surface area contributed by atoms with Gasteiger partial charge < -0.3 is 14.3 Å². The van der Waals surface area contributed by atoms with Crippen molar-refractivity contribution >= 4 is 16.9 Å². The summed E-state index contributed by atoms with van der Waals surface area (Å²) in [6.45, 7) is -0.428. The molecule has 5 nitrogen and oxygen atoms in total. The van der Waals surface area contributed by atoms with Gasteiger partial charge in [-0.1, -0.05) is 0 Å². The molecular weight excluding hydrogens is 212 g/mol. The summed E-state index contributed by atoms with van der Waals surface area (Å²) in [6.07, 6.45) is 1.28. The van der Waals surface area contributed by atoms with Crippen molar-refractivity contribution in [2.75, 3.05) is 6.61 Å². The number of ether oxygens (including phenoxy) is 1. The Bertz CT molecular complexity index is 584. The average molecular weight is 220 g/mol. The SMILES string of the molecule is O=C(O)COc1ccc2c(=O)ccoc2c1. The van der Waals surface area contributed by atoms with Gasteiger partial charge in [0.2, 0.25) is 0 Å². The first-order chi connectivity index (χ1) is 7.66. The van der Waals surface area contributed by atoms with Crippen molar-refractivity contribution in [3.8, 4) is 5.75 Å². The van der Waals surface area contributed by atoms with E-state index in [1.54, 1.807) is 6.07 Å². The maximum Gasteiger partial charge on any atom is 0.341 e. The maximum absolute atomic E-state index is 11.4. The van der Waals surface area contributed by atoms with E-state index in [2.05, 4.69) is 0 Å². The van der Waals surface area contributed by atoms with Gasteiger partial charge in [-0.3, -0.25) is 4.79 Å². The van der Waals surface area contributed by atoms with Crippen LogP contribution in [0.5, 0.6) is 5.75 Å². The van der Waals surface area contributed by atoms with Crippen molar-refractivity contribution in [3.05, 3.63) is 40.8 Å². The highest BCUT2D eigenvalue weighted by Crippen LogP contribution is 2.18. The van der Waals surface area contributed by atoms with Crippen LogP contribution in [-0.4, -0.2) is 17.7 Å². The molecular formula is C11H8O5. The Morgan fingerprint density at radius 2 is 2.19 bits per heavy atom. The first-order valence-electron chi connectivity index (χ1n) is 4.53. The van der Waals surface area contributed by atoms with Crippen molar-refractivity contribution in [2.24, 2.45) is 0 Å². The number of aliphatic carboxylic acids is 1. The van der Waals surface area contributed by atoms with Crippen LogP contribution >= 0.6 is 0 Å². The molecule has 0 fully saturated rings. The van der Waals surface area contributed by atoms with Crippen molar-refractivity contribution < 1.29 is 19.1 Å². The predicted molar refractivity (Wildman–Crippen MR) is 55.6 cm³/mol.